The maximum absolute atomic E-state index is 12.8. The van der Waals surface area contributed by atoms with E-state index in [0.29, 0.717) is 30.6 Å². The van der Waals surface area contributed by atoms with Crippen LogP contribution < -0.4 is 5.32 Å². The van der Waals surface area contributed by atoms with Crippen molar-refractivity contribution in [1.82, 2.24) is 20.0 Å². The van der Waals surface area contributed by atoms with E-state index in [1.807, 2.05) is 31.6 Å². The molecule has 1 saturated heterocycles. The number of hydrogen-bond acceptors (Lipinski definition) is 5. The minimum Gasteiger partial charge on any atom is -0.370 e. The van der Waals surface area contributed by atoms with Gasteiger partial charge in [-0.25, -0.2) is 8.42 Å². The van der Waals surface area contributed by atoms with Gasteiger partial charge in [-0.15, -0.1) is 24.0 Å². The number of nitrogens with zero attached hydrogens (tertiary/aromatic N) is 4. The number of ether oxygens (including phenoxy) is 1. The second-order valence-electron chi connectivity index (χ2n) is 8.82. The lowest BCUT2D eigenvalue weighted by atomic mass is 9.87. The van der Waals surface area contributed by atoms with Crippen molar-refractivity contribution >= 4 is 39.8 Å². The Labute approximate surface area is 208 Å². The highest BCUT2D eigenvalue weighted by Gasteiger charge is 2.25. The summed E-state index contributed by atoms with van der Waals surface area (Å²) in [4.78, 5) is 6.77. The van der Waals surface area contributed by atoms with Crippen molar-refractivity contribution in [2.75, 3.05) is 39.0 Å². The zero-order valence-corrected chi connectivity index (χ0v) is 22.6. The highest BCUT2D eigenvalue weighted by Crippen LogP contribution is 2.24. The Balaban J connectivity index is 0.00000363. The van der Waals surface area contributed by atoms with Gasteiger partial charge in [-0.3, -0.25) is 9.67 Å². The molecule has 0 saturated carbocycles. The molecular weight excluding hydrogens is 541 g/mol. The number of aliphatic imine (C=N–C) groups is 1. The summed E-state index contributed by atoms with van der Waals surface area (Å²) in [5, 5.41) is 7.41. The van der Waals surface area contributed by atoms with Gasteiger partial charge in [0, 0.05) is 38.9 Å². The standard InChI is InChI=1S/C22H33N5O3S.HI/c1-22(2,3)18-6-8-19(9-7-18)31(28,29)13-10-24-21(23-4)27-11-12-30-20(16-27)17-14-25-26(5)15-17;/h6-9,14-15,20H,10-13,16H2,1-5H3,(H,23,24);1H. The summed E-state index contributed by atoms with van der Waals surface area (Å²) < 4.78 is 33.1. The molecule has 1 aromatic heterocycles. The molecule has 2 aromatic rings. The summed E-state index contributed by atoms with van der Waals surface area (Å²) in [6, 6.07) is 7.19. The third-order valence-electron chi connectivity index (χ3n) is 5.41. The first-order valence-corrected chi connectivity index (χ1v) is 12.1. The molecule has 1 aliphatic heterocycles. The van der Waals surface area contributed by atoms with Gasteiger partial charge in [0.1, 0.15) is 6.10 Å². The van der Waals surface area contributed by atoms with Crippen LogP contribution in [0.3, 0.4) is 0 Å². The molecule has 3 rings (SSSR count). The van der Waals surface area contributed by atoms with Gasteiger partial charge in [0.15, 0.2) is 15.8 Å². The summed E-state index contributed by atoms with van der Waals surface area (Å²) in [6.07, 6.45) is 3.66. The number of morpholine rings is 1. The predicted molar refractivity (Wildman–Crippen MR) is 137 cm³/mol. The van der Waals surface area contributed by atoms with E-state index in [1.54, 1.807) is 23.9 Å². The molecule has 1 unspecified atom stereocenters. The van der Waals surface area contributed by atoms with Gasteiger partial charge < -0.3 is 15.0 Å². The third kappa shape index (κ3) is 6.67. The molecule has 0 radical (unpaired) electrons. The van der Waals surface area contributed by atoms with Crippen LogP contribution >= 0.6 is 24.0 Å². The second kappa shape index (κ2) is 11.0. The molecule has 0 amide bonds. The highest BCUT2D eigenvalue weighted by molar-refractivity contribution is 14.0. The lowest BCUT2D eigenvalue weighted by Crippen LogP contribution is -2.49. The first-order chi connectivity index (χ1) is 14.6. The Hall–Kier alpha value is -1.66. The molecule has 0 spiro atoms. The van der Waals surface area contributed by atoms with Crippen molar-refractivity contribution in [2.45, 2.75) is 37.2 Å². The minimum atomic E-state index is -3.38. The van der Waals surface area contributed by atoms with E-state index in [1.165, 1.54) is 0 Å². The molecule has 8 nitrogen and oxygen atoms in total. The number of aromatic nitrogens is 2. The van der Waals surface area contributed by atoms with Crippen molar-refractivity contribution < 1.29 is 13.2 Å². The summed E-state index contributed by atoms with van der Waals surface area (Å²) in [5.41, 5.74) is 2.12. The van der Waals surface area contributed by atoms with Gasteiger partial charge in [0.05, 0.1) is 30.0 Å². The number of nitrogens with one attached hydrogen (secondary N) is 1. The Morgan fingerprint density at radius 2 is 1.97 bits per heavy atom. The maximum Gasteiger partial charge on any atom is 0.193 e. The van der Waals surface area contributed by atoms with Crippen LogP contribution in [-0.2, 0) is 27.0 Å². The largest absolute Gasteiger partial charge is 0.370 e. The summed E-state index contributed by atoms with van der Waals surface area (Å²) in [5.74, 6) is 0.674. The van der Waals surface area contributed by atoms with Gasteiger partial charge in [-0.05, 0) is 23.1 Å². The summed E-state index contributed by atoms with van der Waals surface area (Å²) in [7, 11) is 0.202. The molecule has 1 fully saturated rings. The number of rotatable bonds is 5. The van der Waals surface area contributed by atoms with Gasteiger partial charge in [0.25, 0.3) is 0 Å². The third-order valence-corrected chi connectivity index (χ3v) is 7.14. The molecule has 0 aliphatic carbocycles. The van der Waals surface area contributed by atoms with Crippen molar-refractivity contribution in [1.29, 1.82) is 0 Å². The van der Waals surface area contributed by atoms with Crippen LogP contribution in [0.2, 0.25) is 0 Å². The number of benzene rings is 1. The number of guanidine groups is 1. The monoisotopic (exact) mass is 575 g/mol. The molecule has 1 N–H and O–H groups in total. The quantitative estimate of drug-likeness (QED) is 0.335. The Kier molecular flexibility index (Phi) is 9.12. The highest BCUT2D eigenvalue weighted by atomic mass is 127. The number of halogens is 1. The molecular formula is C22H34IN5O3S. The molecule has 178 valence electrons. The molecule has 1 atom stereocenters. The Morgan fingerprint density at radius 1 is 1.28 bits per heavy atom. The van der Waals surface area contributed by atoms with Crippen LogP contribution in [0.4, 0.5) is 0 Å². The van der Waals surface area contributed by atoms with E-state index in [-0.39, 0.29) is 47.8 Å². The minimum absolute atomic E-state index is 0. The van der Waals surface area contributed by atoms with Gasteiger partial charge in [-0.2, -0.15) is 5.10 Å². The zero-order chi connectivity index (χ0) is 22.6. The fourth-order valence-electron chi connectivity index (χ4n) is 3.56. The lowest BCUT2D eigenvalue weighted by molar-refractivity contribution is -0.00798. The fraction of sp³-hybridized carbons (Fsp3) is 0.545. The van der Waals surface area contributed by atoms with Crippen LogP contribution in [0.1, 0.15) is 38.0 Å². The van der Waals surface area contributed by atoms with E-state index in [9.17, 15) is 8.42 Å². The Morgan fingerprint density at radius 3 is 2.53 bits per heavy atom. The van der Waals surface area contributed by atoms with E-state index >= 15 is 0 Å². The zero-order valence-electron chi connectivity index (χ0n) is 19.4. The first kappa shape index (κ1) is 26.6. The topological polar surface area (TPSA) is 88.8 Å². The van der Waals surface area contributed by atoms with Crippen molar-refractivity contribution in [3.63, 3.8) is 0 Å². The van der Waals surface area contributed by atoms with Crippen LogP contribution in [-0.4, -0.2) is 68.1 Å². The van der Waals surface area contributed by atoms with Crippen LogP contribution in [0, 0.1) is 0 Å². The van der Waals surface area contributed by atoms with Crippen molar-refractivity contribution in [3.05, 3.63) is 47.8 Å². The smallest absolute Gasteiger partial charge is 0.193 e. The van der Waals surface area contributed by atoms with Gasteiger partial charge in [0.2, 0.25) is 0 Å². The first-order valence-electron chi connectivity index (χ1n) is 10.5. The molecule has 1 aromatic carbocycles. The van der Waals surface area contributed by atoms with E-state index in [4.69, 9.17) is 4.74 Å². The maximum atomic E-state index is 12.8. The number of sulfone groups is 1. The lowest BCUT2D eigenvalue weighted by Gasteiger charge is -2.34. The normalized spacial score (nSPS) is 17.7. The molecule has 0 bridgehead atoms. The van der Waals surface area contributed by atoms with E-state index < -0.39 is 9.84 Å². The van der Waals surface area contributed by atoms with Gasteiger partial charge >= 0.3 is 0 Å². The van der Waals surface area contributed by atoms with E-state index in [2.05, 4.69) is 41.1 Å². The molecule has 32 heavy (non-hydrogen) atoms. The van der Waals surface area contributed by atoms with Crippen molar-refractivity contribution in [2.24, 2.45) is 12.0 Å². The molecule has 1 aliphatic rings. The fourth-order valence-corrected chi connectivity index (χ4v) is 4.72. The Bertz CT molecular complexity index is 1010. The second-order valence-corrected chi connectivity index (χ2v) is 10.9. The van der Waals surface area contributed by atoms with Crippen molar-refractivity contribution in [3.8, 4) is 0 Å². The van der Waals surface area contributed by atoms with Crippen LogP contribution in [0.5, 0.6) is 0 Å². The average molecular weight is 576 g/mol. The van der Waals surface area contributed by atoms with E-state index in [0.717, 1.165) is 11.1 Å². The predicted octanol–water partition coefficient (Wildman–Crippen LogP) is 2.76. The average Bonchev–Trinajstić information content (AvgIpc) is 3.17. The van der Waals surface area contributed by atoms with Crippen LogP contribution in [0.15, 0.2) is 46.5 Å². The number of aryl methyl sites for hydroxylation is 1. The van der Waals surface area contributed by atoms with Gasteiger partial charge in [-0.1, -0.05) is 32.9 Å². The summed E-state index contributed by atoms with van der Waals surface area (Å²) in [6.45, 7) is 8.50. The SMILES string of the molecule is CN=C(NCCS(=O)(=O)c1ccc(C(C)(C)C)cc1)N1CCOC(c2cnn(C)c2)C1.I. The molecule has 10 heteroatoms. The summed E-state index contributed by atoms with van der Waals surface area (Å²) >= 11 is 0. The molecule has 2 heterocycles. The number of hydrogen-bond donors (Lipinski definition) is 1. The van der Waals surface area contributed by atoms with Crippen LogP contribution in [0.25, 0.3) is 0 Å².